The quantitative estimate of drug-likeness (QED) is 0.380. The highest BCUT2D eigenvalue weighted by atomic mass is 32.1. The van der Waals surface area contributed by atoms with Crippen molar-refractivity contribution in [3.8, 4) is 10.4 Å². The highest BCUT2D eigenvalue weighted by Gasteiger charge is 2.13. The van der Waals surface area contributed by atoms with Crippen LogP contribution >= 0.6 is 11.3 Å². The van der Waals surface area contributed by atoms with Gasteiger partial charge in [0.25, 0.3) is 0 Å². The molecule has 0 fully saturated rings. The highest BCUT2D eigenvalue weighted by Crippen LogP contribution is 2.28. The van der Waals surface area contributed by atoms with Crippen molar-refractivity contribution in [3.05, 3.63) is 114 Å². The highest BCUT2D eigenvalue weighted by molar-refractivity contribution is 7.16. The molecular weight excluding hydrogens is 390 g/mol. The number of amides is 1. The van der Waals surface area contributed by atoms with Crippen LogP contribution in [0.3, 0.4) is 0 Å². The van der Waals surface area contributed by atoms with Crippen molar-refractivity contribution in [1.29, 1.82) is 0 Å². The van der Waals surface area contributed by atoms with Crippen LogP contribution in [0.4, 0.5) is 0 Å². The van der Waals surface area contributed by atoms with E-state index < -0.39 is 0 Å². The van der Waals surface area contributed by atoms with Gasteiger partial charge in [0, 0.05) is 53.7 Å². The molecule has 30 heavy (non-hydrogen) atoms. The zero-order valence-corrected chi connectivity index (χ0v) is 17.2. The van der Waals surface area contributed by atoms with Gasteiger partial charge in [0.15, 0.2) is 0 Å². The van der Waals surface area contributed by atoms with E-state index in [1.807, 2.05) is 59.5 Å². The van der Waals surface area contributed by atoms with E-state index in [1.165, 1.54) is 10.4 Å². The lowest BCUT2D eigenvalue weighted by molar-refractivity contribution is -0.127. The van der Waals surface area contributed by atoms with Crippen LogP contribution in [0, 0.1) is 0 Å². The number of carbonyl (C=O) groups is 1. The van der Waals surface area contributed by atoms with Crippen LogP contribution in [0.2, 0.25) is 0 Å². The van der Waals surface area contributed by atoms with E-state index in [0.29, 0.717) is 13.1 Å². The zero-order chi connectivity index (χ0) is 20.6. The average Bonchev–Trinajstić information content (AvgIpc) is 3.28. The van der Waals surface area contributed by atoms with Crippen LogP contribution in [0.5, 0.6) is 0 Å². The summed E-state index contributed by atoms with van der Waals surface area (Å²) in [4.78, 5) is 25.3. The first kappa shape index (κ1) is 19.7. The summed E-state index contributed by atoms with van der Waals surface area (Å²) < 4.78 is 0. The summed E-state index contributed by atoms with van der Waals surface area (Å²) in [7, 11) is 0. The summed E-state index contributed by atoms with van der Waals surface area (Å²) in [6.45, 7) is 1.01. The zero-order valence-electron chi connectivity index (χ0n) is 16.4. The molecule has 0 aliphatic carbocycles. The number of thiophene rings is 1. The minimum Gasteiger partial charge on any atom is -0.330 e. The first-order chi connectivity index (χ1) is 14.8. The Morgan fingerprint density at radius 1 is 0.833 bits per heavy atom. The minimum absolute atomic E-state index is 0.0367. The largest absolute Gasteiger partial charge is 0.330 e. The van der Waals surface area contributed by atoms with E-state index >= 15 is 0 Å². The first-order valence-electron chi connectivity index (χ1n) is 9.68. The molecule has 0 radical (unpaired) electrons. The van der Waals surface area contributed by atoms with Gasteiger partial charge in [-0.05, 0) is 53.1 Å². The maximum Gasteiger partial charge on any atom is 0.247 e. The lowest BCUT2D eigenvalue weighted by Gasteiger charge is -2.21. The SMILES string of the molecule is O=C(C=Cc1ccc(-c2ccccc2)s1)N(Cc1ccncc1)Cc1cccnc1. The molecule has 0 aliphatic rings. The average molecular weight is 412 g/mol. The molecule has 4 aromatic rings. The summed E-state index contributed by atoms with van der Waals surface area (Å²) in [6.07, 6.45) is 10.6. The molecule has 3 heterocycles. The standard InChI is InChI=1S/C25H21N3OS/c29-25(11-9-23-8-10-24(30-23)22-6-2-1-3-7-22)28(18-20-12-15-26-16-13-20)19-21-5-4-14-27-17-21/h1-17H,18-19H2. The number of rotatable bonds is 7. The maximum absolute atomic E-state index is 13.0. The second-order valence-electron chi connectivity index (χ2n) is 6.81. The van der Waals surface area contributed by atoms with Gasteiger partial charge >= 0.3 is 0 Å². The molecule has 0 saturated carbocycles. The molecule has 4 rings (SSSR count). The summed E-state index contributed by atoms with van der Waals surface area (Å²) in [6, 6.07) is 22.1. The molecule has 0 N–H and O–H groups in total. The summed E-state index contributed by atoms with van der Waals surface area (Å²) >= 11 is 1.67. The topological polar surface area (TPSA) is 46.1 Å². The van der Waals surface area contributed by atoms with Crippen LogP contribution < -0.4 is 0 Å². The number of nitrogens with zero attached hydrogens (tertiary/aromatic N) is 3. The molecule has 5 heteroatoms. The van der Waals surface area contributed by atoms with Crippen molar-refractivity contribution in [3.63, 3.8) is 0 Å². The Hall–Kier alpha value is -3.57. The molecule has 0 atom stereocenters. The Morgan fingerprint density at radius 3 is 2.40 bits per heavy atom. The number of hydrogen-bond donors (Lipinski definition) is 0. The van der Waals surface area contributed by atoms with Crippen molar-refractivity contribution in [1.82, 2.24) is 14.9 Å². The summed E-state index contributed by atoms with van der Waals surface area (Å²) in [5.41, 5.74) is 3.22. The van der Waals surface area contributed by atoms with Crippen LogP contribution in [-0.2, 0) is 17.9 Å². The maximum atomic E-state index is 13.0. The van der Waals surface area contributed by atoms with Crippen LogP contribution in [0.1, 0.15) is 16.0 Å². The van der Waals surface area contributed by atoms with Gasteiger partial charge in [-0.15, -0.1) is 11.3 Å². The lowest BCUT2D eigenvalue weighted by Crippen LogP contribution is -2.28. The molecule has 0 bridgehead atoms. The lowest BCUT2D eigenvalue weighted by atomic mass is 10.2. The molecule has 148 valence electrons. The number of aromatic nitrogens is 2. The molecule has 0 saturated heterocycles. The van der Waals surface area contributed by atoms with Crippen molar-refractivity contribution in [2.45, 2.75) is 13.1 Å². The number of carbonyl (C=O) groups excluding carboxylic acids is 1. The second kappa shape index (κ2) is 9.76. The van der Waals surface area contributed by atoms with Crippen molar-refractivity contribution >= 4 is 23.3 Å². The van der Waals surface area contributed by atoms with Gasteiger partial charge in [0.2, 0.25) is 5.91 Å². The Kier molecular flexibility index (Phi) is 6.42. The third-order valence-electron chi connectivity index (χ3n) is 4.61. The van der Waals surface area contributed by atoms with Gasteiger partial charge in [-0.3, -0.25) is 14.8 Å². The monoisotopic (exact) mass is 411 g/mol. The van der Waals surface area contributed by atoms with Gasteiger partial charge in [-0.2, -0.15) is 0 Å². The van der Waals surface area contributed by atoms with Gasteiger partial charge in [-0.25, -0.2) is 0 Å². The molecule has 3 aromatic heterocycles. The molecule has 0 aliphatic heterocycles. The van der Waals surface area contributed by atoms with E-state index in [-0.39, 0.29) is 5.91 Å². The summed E-state index contributed by atoms with van der Waals surface area (Å²) in [5, 5.41) is 0. The van der Waals surface area contributed by atoms with Gasteiger partial charge in [0.05, 0.1) is 0 Å². The third-order valence-corrected chi connectivity index (χ3v) is 5.71. The van der Waals surface area contributed by atoms with E-state index in [4.69, 9.17) is 0 Å². The van der Waals surface area contributed by atoms with E-state index in [9.17, 15) is 4.79 Å². The van der Waals surface area contributed by atoms with E-state index in [0.717, 1.165) is 16.0 Å². The van der Waals surface area contributed by atoms with Crippen LogP contribution in [0.15, 0.2) is 97.6 Å². The van der Waals surface area contributed by atoms with E-state index in [1.54, 1.807) is 42.2 Å². The van der Waals surface area contributed by atoms with Crippen molar-refractivity contribution in [2.75, 3.05) is 0 Å². The fraction of sp³-hybridized carbons (Fsp3) is 0.0800. The molecule has 0 unspecified atom stereocenters. The van der Waals surface area contributed by atoms with Gasteiger partial charge in [-0.1, -0.05) is 36.4 Å². The van der Waals surface area contributed by atoms with Gasteiger partial charge < -0.3 is 4.90 Å². The normalized spacial score (nSPS) is 10.9. The molecular formula is C25H21N3OS. The fourth-order valence-electron chi connectivity index (χ4n) is 3.09. The number of benzene rings is 1. The molecule has 1 amide bonds. The van der Waals surface area contributed by atoms with Gasteiger partial charge in [0.1, 0.15) is 0 Å². The molecule has 1 aromatic carbocycles. The fourth-order valence-corrected chi connectivity index (χ4v) is 4.01. The number of pyridine rings is 2. The molecule has 0 spiro atoms. The molecule has 4 nitrogen and oxygen atoms in total. The Labute approximate surface area is 180 Å². The van der Waals surface area contributed by atoms with Crippen LogP contribution in [-0.4, -0.2) is 20.8 Å². The van der Waals surface area contributed by atoms with Crippen LogP contribution in [0.25, 0.3) is 16.5 Å². The Bertz CT molecular complexity index is 1070. The first-order valence-corrected chi connectivity index (χ1v) is 10.5. The third kappa shape index (κ3) is 5.27. The van der Waals surface area contributed by atoms with E-state index in [2.05, 4.69) is 28.2 Å². The van der Waals surface area contributed by atoms with Crippen molar-refractivity contribution in [2.24, 2.45) is 0 Å². The predicted octanol–water partition coefficient (Wildman–Crippen LogP) is 5.45. The van der Waals surface area contributed by atoms with Crippen molar-refractivity contribution < 1.29 is 4.79 Å². The Morgan fingerprint density at radius 2 is 1.63 bits per heavy atom. The Balaban J connectivity index is 1.50. The summed E-state index contributed by atoms with van der Waals surface area (Å²) in [5.74, 6) is -0.0367. The smallest absolute Gasteiger partial charge is 0.247 e. The number of hydrogen-bond acceptors (Lipinski definition) is 4. The minimum atomic E-state index is -0.0367. The second-order valence-corrected chi connectivity index (χ2v) is 7.93. The predicted molar refractivity (Wildman–Crippen MR) is 122 cm³/mol.